The van der Waals surface area contributed by atoms with Crippen LogP contribution in [-0.2, 0) is 4.79 Å². The highest BCUT2D eigenvalue weighted by atomic mass is 32.2. The number of methoxy groups -OCH3 is 1. The predicted octanol–water partition coefficient (Wildman–Crippen LogP) is 1.78. The number of ether oxygens (including phenoxy) is 1. The van der Waals surface area contributed by atoms with Gasteiger partial charge in [-0.15, -0.1) is 0 Å². The Hall–Kier alpha value is -1.69. The van der Waals surface area contributed by atoms with E-state index in [0.29, 0.717) is 24.2 Å². The Labute approximate surface area is 121 Å². The highest BCUT2D eigenvalue weighted by Gasteiger charge is 2.41. The van der Waals surface area contributed by atoms with Gasteiger partial charge in [-0.05, 0) is 36.5 Å². The van der Waals surface area contributed by atoms with Crippen molar-refractivity contribution in [3.8, 4) is 5.75 Å². The Bertz CT molecular complexity index is 512. The molecule has 0 spiro atoms. The molecule has 1 aliphatic heterocycles. The van der Waals surface area contributed by atoms with E-state index in [1.54, 1.807) is 36.0 Å². The Morgan fingerprint density at radius 1 is 1.30 bits per heavy atom. The number of aliphatic carboxylic acids is 1. The highest BCUT2D eigenvalue weighted by Crippen LogP contribution is 2.28. The van der Waals surface area contributed by atoms with E-state index < -0.39 is 17.4 Å². The van der Waals surface area contributed by atoms with E-state index in [9.17, 15) is 14.7 Å². The van der Waals surface area contributed by atoms with Gasteiger partial charge in [0, 0.05) is 0 Å². The molecule has 20 heavy (non-hydrogen) atoms. The normalized spacial score (nSPS) is 17.2. The van der Waals surface area contributed by atoms with Crippen LogP contribution in [0.4, 0.5) is 0 Å². The van der Waals surface area contributed by atoms with Crippen LogP contribution in [-0.4, -0.2) is 41.1 Å². The van der Waals surface area contributed by atoms with E-state index in [1.807, 2.05) is 0 Å². The molecule has 0 unspecified atom stereocenters. The van der Waals surface area contributed by atoms with Gasteiger partial charge in [-0.25, -0.2) is 4.79 Å². The van der Waals surface area contributed by atoms with Gasteiger partial charge in [0.05, 0.1) is 12.7 Å². The van der Waals surface area contributed by atoms with Gasteiger partial charge >= 0.3 is 5.97 Å². The van der Waals surface area contributed by atoms with Gasteiger partial charge in [-0.2, -0.15) is 11.8 Å². The summed E-state index contributed by atoms with van der Waals surface area (Å²) >= 11 is 1.71. The van der Waals surface area contributed by atoms with Crippen LogP contribution in [0.15, 0.2) is 24.3 Å². The monoisotopic (exact) mass is 295 g/mol. The van der Waals surface area contributed by atoms with Gasteiger partial charge in [0.25, 0.3) is 5.91 Å². The lowest BCUT2D eigenvalue weighted by molar-refractivity contribution is -0.144. The highest BCUT2D eigenvalue weighted by molar-refractivity contribution is 7.99. The van der Waals surface area contributed by atoms with Gasteiger partial charge in [0.15, 0.2) is 0 Å². The minimum atomic E-state index is -1.16. The molecule has 2 rings (SSSR count). The topological polar surface area (TPSA) is 75.6 Å². The van der Waals surface area contributed by atoms with Crippen LogP contribution < -0.4 is 10.1 Å². The van der Waals surface area contributed by atoms with Crippen molar-refractivity contribution in [2.24, 2.45) is 0 Å². The number of amides is 1. The summed E-state index contributed by atoms with van der Waals surface area (Å²) in [6, 6.07) is 6.79. The zero-order valence-corrected chi connectivity index (χ0v) is 12.0. The fourth-order valence-corrected chi connectivity index (χ4v) is 3.42. The lowest BCUT2D eigenvalue weighted by atomic mass is 9.91. The Morgan fingerprint density at radius 3 is 2.55 bits per heavy atom. The fourth-order valence-electron chi connectivity index (χ4n) is 2.23. The summed E-state index contributed by atoms with van der Waals surface area (Å²) in [4.78, 5) is 23.9. The largest absolute Gasteiger partial charge is 0.496 e. The summed E-state index contributed by atoms with van der Waals surface area (Å²) in [5, 5.41) is 12.1. The van der Waals surface area contributed by atoms with Crippen LogP contribution in [0.2, 0.25) is 0 Å². The Balaban J connectivity index is 2.22. The summed E-state index contributed by atoms with van der Waals surface area (Å²) in [5.41, 5.74) is -0.808. The van der Waals surface area contributed by atoms with Crippen molar-refractivity contribution in [3.63, 3.8) is 0 Å². The minimum absolute atomic E-state index is 0.355. The van der Waals surface area contributed by atoms with Crippen LogP contribution in [0.25, 0.3) is 0 Å². The summed E-state index contributed by atoms with van der Waals surface area (Å²) < 4.78 is 5.14. The third-order valence-corrected chi connectivity index (χ3v) is 4.45. The maximum absolute atomic E-state index is 12.3. The van der Waals surface area contributed by atoms with Crippen molar-refractivity contribution >= 4 is 23.6 Å². The van der Waals surface area contributed by atoms with Crippen LogP contribution in [0.1, 0.15) is 23.2 Å². The molecule has 0 aromatic heterocycles. The first-order valence-electron chi connectivity index (χ1n) is 6.36. The first-order valence-corrected chi connectivity index (χ1v) is 7.51. The van der Waals surface area contributed by atoms with Crippen molar-refractivity contribution in [1.82, 2.24) is 5.32 Å². The molecule has 0 atom stereocenters. The second-order valence-corrected chi connectivity index (χ2v) is 5.88. The lowest BCUT2D eigenvalue weighted by Gasteiger charge is -2.33. The molecule has 5 nitrogen and oxygen atoms in total. The molecule has 1 amide bonds. The fraction of sp³-hybridized carbons (Fsp3) is 0.429. The number of carbonyl (C=O) groups excluding carboxylic acids is 1. The number of benzene rings is 1. The minimum Gasteiger partial charge on any atom is -0.496 e. The predicted molar refractivity (Wildman–Crippen MR) is 77.4 cm³/mol. The van der Waals surface area contributed by atoms with E-state index >= 15 is 0 Å². The third kappa shape index (κ3) is 2.90. The van der Waals surface area contributed by atoms with E-state index in [1.165, 1.54) is 7.11 Å². The van der Waals surface area contributed by atoms with E-state index in [0.717, 1.165) is 11.5 Å². The van der Waals surface area contributed by atoms with Crippen LogP contribution in [0, 0.1) is 0 Å². The summed E-state index contributed by atoms with van der Waals surface area (Å²) in [6.07, 6.45) is 0.877. The molecule has 0 aliphatic carbocycles. The number of para-hydroxylation sites is 1. The maximum Gasteiger partial charge on any atom is 0.329 e. The zero-order valence-electron chi connectivity index (χ0n) is 11.2. The van der Waals surface area contributed by atoms with Crippen molar-refractivity contribution in [2.75, 3.05) is 18.6 Å². The van der Waals surface area contributed by atoms with Crippen molar-refractivity contribution in [1.29, 1.82) is 0 Å². The van der Waals surface area contributed by atoms with Crippen LogP contribution in [0.3, 0.4) is 0 Å². The number of carboxylic acids is 1. The summed E-state index contributed by atoms with van der Waals surface area (Å²) in [7, 11) is 1.48. The molecule has 1 fully saturated rings. The Morgan fingerprint density at radius 2 is 1.95 bits per heavy atom. The molecule has 2 N–H and O–H groups in total. The molecule has 0 radical (unpaired) electrons. The van der Waals surface area contributed by atoms with Crippen molar-refractivity contribution < 1.29 is 19.4 Å². The van der Waals surface area contributed by atoms with E-state index in [4.69, 9.17) is 4.74 Å². The number of hydrogen-bond donors (Lipinski definition) is 2. The standard InChI is InChI=1S/C14H17NO4S/c1-19-11-5-3-2-4-10(11)12(16)15-14(13(17)18)6-8-20-9-7-14/h2-5H,6-9H2,1H3,(H,15,16)(H,17,18). The number of nitrogens with one attached hydrogen (secondary N) is 1. The molecule has 0 bridgehead atoms. The number of hydrogen-bond acceptors (Lipinski definition) is 4. The summed E-state index contributed by atoms with van der Waals surface area (Å²) in [6.45, 7) is 0. The molecule has 1 aromatic rings. The molecule has 1 heterocycles. The zero-order chi connectivity index (χ0) is 14.6. The lowest BCUT2D eigenvalue weighted by Crippen LogP contribution is -2.56. The molecule has 6 heteroatoms. The average molecular weight is 295 g/mol. The number of carbonyl (C=O) groups is 2. The first kappa shape index (κ1) is 14.7. The van der Waals surface area contributed by atoms with Crippen LogP contribution >= 0.6 is 11.8 Å². The molecule has 1 saturated heterocycles. The number of carboxylic acid groups (broad SMARTS) is 1. The smallest absolute Gasteiger partial charge is 0.329 e. The van der Waals surface area contributed by atoms with Gasteiger partial charge in [0.2, 0.25) is 0 Å². The summed E-state index contributed by atoms with van der Waals surface area (Å²) in [5.74, 6) is 0.533. The molecule has 1 aliphatic rings. The van der Waals surface area contributed by atoms with Crippen LogP contribution in [0.5, 0.6) is 5.75 Å². The van der Waals surface area contributed by atoms with Gasteiger partial charge < -0.3 is 15.2 Å². The number of rotatable bonds is 4. The number of thioether (sulfide) groups is 1. The quantitative estimate of drug-likeness (QED) is 0.885. The molecule has 1 aromatic carbocycles. The average Bonchev–Trinajstić information content (AvgIpc) is 2.48. The second-order valence-electron chi connectivity index (χ2n) is 4.65. The SMILES string of the molecule is COc1ccccc1C(=O)NC1(C(=O)O)CCSCC1. The van der Waals surface area contributed by atoms with E-state index in [2.05, 4.69) is 5.32 Å². The van der Waals surface area contributed by atoms with Gasteiger partial charge in [0.1, 0.15) is 11.3 Å². The van der Waals surface area contributed by atoms with Gasteiger partial charge in [-0.1, -0.05) is 12.1 Å². The van der Waals surface area contributed by atoms with Crippen molar-refractivity contribution in [3.05, 3.63) is 29.8 Å². The molecule has 0 saturated carbocycles. The molecular weight excluding hydrogens is 278 g/mol. The molecular formula is C14H17NO4S. The second kappa shape index (κ2) is 6.17. The first-order chi connectivity index (χ1) is 9.59. The third-order valence-electron chi connectivity index (χ3n) is 3.46. The Kier molecular flexibility index (Phi) is 4.54. The van der Waals surface area contributed by atoms with E-state index in [-0.39, 0.29) is 0 Å². The van der Waals surface area contributed by atoms with Gasteiger partial charge in [-0.3, -0.25) is 4.79 Å². The van der Waals surface area contributed by atoms with Crippen molar-refractivity contribution in [2.45, 2.75) is 18.4 Å². The molecule has 108 valence electrons. The maximum atomic E-state index is 12.3.